The van der Waals surface area contributed by atoms with E-state index in [0.29, 0.717) is 0 Å². The second kappa shape index (κ2) is 6.79. The Morgan fingerprint density at radius 2 is 1.75 bits per heavy atom. The van der Waals surface area contributed by atoms with Gasteiger partial charge in [0.25, 0.3) is 0 Å². The fourth-order valence-electron chi connectivity index (χ4n) is 0.914. The minimum Gasteiger partial charge on any atom is -1.00 e. The molecule has 1 nitrogen and oxygen atoms in total. The fourth-order valence-corrected chi connectivity index (χ4v) is 1.27. The van der Waals surface area contributed by atoms with Gasteiger partial charge in [-0.05, 0) is 0 Å². The van der Waals surface area contributed by atoms with Crippen LogP contribution in [0, 0.1) is 13.8 Å². The third-order valence-corrected chi connectivity index (χ3v) is 1.78. The monoisotopic (exact) mass is 239 g/mol. The van der Waals surface area contributed by atoms with Crippen LogP contribution in [0.25, 0.3) is 0 Å². The first kappa shape index (κ1) is 14.8. The number of rotatable bonds is 1. The fraction of sp³-hybridized carbons (Fsp3) is 0.250. The zero-order chi connectivity index (χ0) is 7.56. The van der Waals surface area contributed by atoms with Crippen LogP contribution in [0.2, 0.25) is 0 Å². The van der Waals surface area contributed by atoms with Crippen molar-refractivity contribution in [3.8, 4) is 5.75 Å². The normalized spacial score (nSPS) is 8.00. The first-order valence-electron chi connectivity index (χ1n) is 3.15. The van der Waals surface area contributed by atoms with Crippen molar-refractivity contribution in [2.24, 2.45) is 0 Å². The summed E-state index contributed by atoms with van der Waals surface area (Å²) in [5.41, 5.74) is 2.47. The van der Waals surface area contributed by atoms with E-state index in [9.17, 15) is 0 Å². The molecule has 0 aliphatic rings. The average Bonchev–Trinajstić information content (AvgIpc) is 1.88. The Morgan fingerprint density at radius 3 is 2.17 bits per heavy atom. The van der Waals surface area contributed by atoms with Gasteiger partial charge in [0, 0.05) is 0 Å². The Kier molecular flexibility index (Phi) is 8.38. The summed E-state index contributed by atoms with van der Waals surface area (Å²) in [5, 5.41) is 0. The van der Waals surface area contributed by atoms with E-state index in [1.54, 1.807) is 20.8 Å². The minimum atomic E-state index is 0. The summed E-state index contributed by atoms with van der Waals surface area (Å²) in [6.07, 6.45) is 0. The Labute approximate surface area is 97.6 Å². The van der Waals surface area contributed by atoms with Crippen molar-refractivity contribution in [2.45, 2.75) is 13.8 Å². The molecule has 12 heavy (non-hydrogen) atoms. The zero-order valence-corrected chi connectivity index (χ0v) is 9.97. The van der Waals surface area contributed by atoms with E-state index in [-0.39, 0.29) is 24.8 Å². The van der Waals surface area contributed by atoms with E-state index < -0.39 is 0 Å². The second-order valence-corrected chi connectivity index (χ2v) is 2.69. The van der Waals surface area contributed by atoms with Crippen molar-refractivity contribution in [3.05, 3.63) is 29.3 Å². The summed E-state index contributed by atoms with van der Waals surface area (Å²) in [7, 11) is 0. The Hall–Kier alpha value is 0.314. The van der Waals surface area contributed by atoms with Gasteiger partial charge in [-0.15, -0.1) is 0 Å². The molecule has 0 amide bonds. The largest absolute Gasteiger partial charge is 1.00 e. The van der Waals surface area contributed by atoms with Crippen molar-refractivity contribution in [2.75, 3.05) is 0 Å². The van der Waals surface area contributed by atoms with E-state index in [4.69, 9.17) is 3.32 Å². The molecule has 4 heteroatoms. The van der Waals surface area contributed by atoms with E-state index in [0.717, 1.165) is 5.75 Å². The molecule has 0 N–H and O–H groups in total. The maximum atomic E-state index is 5.10. The molecule has 0 unspecified atom stereocenters. The molecule has 0 bridgehead atoms. The Balaban J connectivity index is 0. The molecule has 0 saturated heterocycles. The molecule has 0 atom stereocenters. The van der Waals surface area contributed by atoms with Crippen LogP contribution in [0.4, 0.5) is 0 Å². The summed E-state index contributed by atoms with van der Waals surface area (Å²) in [6, 6.07) is 6.15. The molecule has 0 aromatic heterocycles. The van der Waals surface area contributed by atoms with Crippen molar-refractivity contribution in [3.63, 3.8) is 0 Å². The molecule has 1 aromatic rings. The standard InChI is InChI=1S/C8H10O.2ClH.Ti/c1-6-3-4-8(9)7(2)5-6;;;/h3-5,9H,1-2H3;2*1H;/q;;;+3/p-3. The SMILES string of the molecule is Cc1ccc([O][Ti+2])c(C)c1.[Cl-].[Cl-]. The van der Waals surface area contributed by atoms with Crippen molar-refractivity contribution in [1.82, 2.24) is 0 Å². The third-order valence-electron chi connectivity index (χ3n) is 1.44. The van der Waals surface area contributed by atoms with Gasteiger partial charge in [0.2, 0.25) is 0 Å². The summed E-state index contributed by atoms with van der Waals surface area (Å²) >= 11 is 1.69. The van der Waals surface area contributed by atoms with Gasteiger partial charge in [0.15, 0.2) is 0 Å². The minimum absolute atomic E-state index is 0. The van der Waals surface area contributed by atoms with Crippen LogP contribution in [0.15, 0.2) is 18.2 Å². The first-order chi connectivity index (χ1) is 4.74. The molecule has 0 fully saturated rings. The van der Waals surface area contributed by atoms with Crippen molar-refractivity contribution < 1.29 is 49.0 Å². The summed E-state index contributed by atoms with van der Waals surface area (Å²) in [4.78, 5) is 0. The first-order valence-corrected chi connectivity index (χ1v) is 3.78. The quantitative estimate of drug-likeness (QED) is 0.457. The zero-order valence-electron chi connectivity index (χ0n) is 6.90. The molecule has 1 rings (SSSR count). The number of halogens is 2. The molecule has 0 saturated carbocycles. The van der Waals surface area contributed by atoms with Crippen LogP contribution in [0.1, 0.15) is 11.1 Å². The average molecular weight is 240 g/mol. The topological polar surface area (TPSA) is 9.23 Å². The third kappa shape index (κ3) is 3.82. The summed E-state index contributed by atoms with van der Waals surface area (Å²) in [5.74, 6) is 0.964. The Morgan fingerprint density at radius 1 is 1.17 bits per heavy atom. The number of hydrogen-bond donors (Lipinski definition) is 0. The number of benzene rings is 1. The van der Waals surface area contributed by atoms with Crippen LogP contribution in [0.5, 0.6) is 5.75 Å². The van der Waals surface area contributed by atoms with E-state index in [1.807, 2.05) is 19.1 Å². The molecule has 0 radical (unpaired) electrons. The van der Waals surface area contributed by atoms with Crippen LogP contribution in [-0.2, 0) is 20.8 Å². The summed E-state index contributed by atoms with van der Waals surface area (Å²) in [6.45, 7) is 4.12. The van der Waals surface area contributed by atoms with Crippen LogP contribution in [-0.4, -0.2) is 0 Å². The molecular weight excluding hydrogens is 231 g/mol. The van der Waals surface area contributed by atoms with Gasteiger partial charge in [0.1, 0.15) is 0 Å². The smallest absolute Gasteiger partial charge is 1.00 e. The van der Waals surface area contributed by atoms with Gasteiger partial charge in [-0.2, -0.15) is 0 Å². The summed E-state index contributed by atoms with van der Waals surface area (Å²) < 4.78 is 5.10. The molecule has 65 valence electrons. The maximum absolute atomic E-state index is 5.10. The maximum Gasteiger partial charge on any atom is -1.00 e. The Bertz CT molecular complexity index is 240. The van der Waals surface area contributed by atoms with E-state index >= 15 is 0 Å². The molecule has 0 heterocycles. The number of hydrogen-bond acceptors (Lipinski definition) is 1. The van der Waals surface area contributed by atoms with Gasteiger partial charge in [0.05, 0.1) is 0 Å². The predicted molar refractivity (Wildman–Crippen MR) is 36.5 cm³/mol. The van der Waals surface area contributed by atoms with Crippen molar-refractivity contribution in [1.29, 1.82) is 0 Å². The van der Waals surface area contributed by atoms with Gasteiger partial charge in [-0.1, -0.05) is 0 Å². The molecular formula is C8H9Cl2OTi. The second-order valence-electron chi connectivity index (χ2n) is 2.37. The van der Waals surface area contributed by atoms with Gasteiger partial charge in [-0.3, -0.25) is 0 Å². The van der Waals surface area contributed by atoms with Gasteiger partial charge < -0.3 is 24.8 Å². The van der Waals surface area contributed by atoms with E-state index in [1.165, 1.54) is 11.1 Å². The molecule has 0 aliphatic heterocycles. The molecule has 0 aliphatic carbocycles. The van der Waals surface area contributed by atoms with Crippen LogP contribution >= 0.6 is 0 Å². The molecule has 0 spiro atoms. The molecule has 1 aromatic carbocycles. The van der Waals surface area contributed by atoms with Crippen LogP contribution < -0.4 is 28.1 Å². The predicted octanol–water partition coefficient (Wildman–Crippen LogP) is -3.85. The van der Waals surface area contributed by atoms with Gasteiger partial charge in [-0.25, -0.2) is 0 Å². The van der Waals surface area contributed by atoms with E-state index in [2.05, 4.69) is 13.0 Å². The van der Waals surface area contributed by atoms with Crippen LogP contribution in [0.3, 0.4) is 0 Å². The number of aryl methyl sites for hydroxylation is 2. The van der Waals surface area contributed by atoms with Crippen molar-refractivity contribution >= 4 is 0 Å². The van der Waals surface area contributed by atoms with Gasteiger partial charge >= 0.3 is 73.1 Å².